The van der Waals surface area contributed by atoms with Crippen molar-refractivity contribution in [2.24, 2.45) is 0 Å². The summed E-state index contributed by atoms with van der Waals surface area (Å²) in [5.74, 6) is 0.631. The Bertz CT molecular complexity index is 1510. The first-order chi connectivity index (χ1) is 19.1. The number of para-hydroxylation sites is 1. The number of ether oxygens (including phenoxy) is 2. The summed E-state index contributed by atoms with van der Waals surface area (Å²) >= 11 is 0. The second kappa shape index (κ2) is 11.9. The molecule has 39 heavy (non-hydrogen) atoms. The number of carbonyl (C=O) groups excluding carboxylic acids is 2. The number of hydrogen-bond donors (Lipinski definition) is 3. The van der Waals surface area contributed by atoms with Crippen molar-refractivity contribution >= 4 is 28.8 Å². The maximum absolute atomic E-state index is 13.7. The molecular formula is C32H33N3O4. The normalized spacial score (nSPS) is 15.5. The monoisotopic (exact) mass is 523 g/mol. The quantitative estimate of drug-likeness (QED) is 0.266. The lowest BCUT2D eigenvalue weighted by molar-refractivity contribution is -0.127. The molecule has 1 aliphatic rings. The standard InChI is InChI=1S/C32H33N3O4/c1-38-29-16-14-21(18-30(29)39-2)15-17-31(36)34-28(19-23-20-33-26-12-6-5-11-25(23)26)32(37)35-27-13-7-9-22-8-3-4-10-24(22)27/h3-6,8,10-12,14-18,20,27-28,33H,7,9,13,19H2,1-2H3,(H,34,36)(H,35,37)/b17-15+. The molecule has 1 aliphatic carbocycles. The van der Waals surface area contributed by atoms with Crippen LogP contribution in [0.2, 0.25) is 0 Å². The number of hydrogen-bond acceptors (Lipinski definition) is 4. The number of nitrogens with one attached hydrogen (secondary N) is 3. The number of carbonyl (C=O) groups is 2. The fourth-order valence-electron chi connectivity index (χ4n) is 5.25. The highest BCUT2D eigenvalue weighted by atomic mass is 16.5. The summed E-state index contributed by atoms with van der Waals surface area (Å²) in [4.78, 5) is 30.0. The van der Waals surface area contributed by atoms with Gasteiger partial charge in [0.05, 0.1) is 20.3 Å². The first kappa shape index (κ1) is 26.1. The number of benzene rings is 3. The highest BCUT2D eigenvalue weighted by molar-refractivity contribution is 5.96. The van der Waals surface area contributed by atoms with E-state index in [2.05, 4.69) is 27.8 Å². The van der Waals surface area contributed by atoms with Crippen molar-refractivity contribution < 1.29 is 19.1 Å². The van der Waals surface area contributed by atoms with E-state index in [0.717, 1.165) is 46.9 Å². The predicted octanol–water partition coefficient (Wildman–Crippen LogP) is 5.12. The Morgan fingerprint density at radius 1 is 1.03 bits per heavy atom. The largest absolute Gasteiger partial charge is 0.493 e. The molecule has 0 saturated carbocycles. The molecule has 5 rings (SSSR count). The SMILES string of the molecule is COc1ccc(/C=C/C(=O)NC(Cc2c[nH]c3ccccc23)C(=O)NC2CCCc3ccccc32)cc1OC. The van der Waals surface area contributed by atoms with Crippen LogP contribution in [0.5, 0.6) is 11.5 Å². The molecule has 1 heterocycles. The Kier molecular flexibility index (Phi) is 7.96. The molecule has 2 unspecified atom stereocenters. The van der Waals surface area contributed by atoms with E-state index in [9.17, 15) is 9.59 Å². The molecule has 3 aromatic carbocycles. The highest BCUT2D eigenvalue weighted by Crippen LogP contribution is 2.30. The first-order valence-corrected chi connectivity index (χ1v) is 13.2. The fourth-order valence-corrected chi connectivity index (χ4v) is 5.25. The lowest BCUT2D eigenvalue weighted by Gasteiger charge is -2.28. The van der Waals surface area contributed by atoms with Crippen molar-refractivity contribution in [3.63, 3.8) is 0 Å². The minimum absolute atomic E-state index is 0.0767. The molecule has 3 N–H and O–H groups in total. The maximum Gasteiger partial charge on any atom is 0.244 e. The first-order valence-electron chi connectivity index (χ1n) is 13.2. The Morgan fingerprint density at radius 2 is 1.82 bits per heavy atom. The second-order valence-corrected chi connectivity index (χ2v) is 9.72. The molecule has 0 radical (unpaired) electrons. The van der Waals surface area contributed by atoms with Gasteiger partial charge in [-0.3, -0.25) is 9.59 Å². The van der Waals surface area contributed by atoms with Gasteiger partial charge in [0.25, 0.3) is 0 Å². The van der Waals surface area contributed by atoms with Crippen LogP contribution in [0.1, 0.15) is 41.1 Å². The zero-order valence-corrected chi connectivity index (χ0v) is 22.2. The molecular weight excluding hydrogens is 490 g/mol. The Labute approximate surface area is 228 Å². The van der Waals surface area contributed by atoms with Crippen LogP contribution in [-0.4, -0.2) is 37.1 Å². The summed E-state index contributed by atoms with van der Waals surface area (Å²) < 4.78 is 10.6. The van der Waals surface area contributed by atoms with Gasteiger partial charge in [-0.2, -0.15) is 0 Å². The van der Waals surface area contributed by atoms with Gasteiger partial charge in [-0.15, -0.1) is 0 Å². The summed E-state index contributed by atoms with van der Waals surface area (Å²) in [5, 5.41) is 7.21. The third-order valence-electron chi connectivity index (χ3n) is 7.25. The van der Waals surface area contributed by atoms with Crippen LogP contribution in [0.15, 0.2) is 79.0 Å². The zero-order valence-electron chi connectivity index (χ0n) is 22.2. The third kappa shape index (κ3) is 5.98. The molecule has 7 heteroatoms. The summed E-state index contributed by atoms with van der Waals surface area (Å²) in [6.45, 7) is 0. The number of fused-ring (bicyclic) bond motifs is 2. The van der Waals surface area contributed by atoms with Crippen LogP contribution in [0.4, 0.5) is 0 Å². The van der Waals surface area contributed by atoms with Gasteiger partial charge in [-0.25, -0.2) is 0 Å². The van der Waals surface area contributed by atoms with Gasteiger partial charge in [0.2, 0.25) is 11.8 Å². The second-order valence-electron chi connectivity index (χ2n) is 9.72. The van der Waals surface area contributed by atoms with E-state index in [0.29, 0.717) is 17.9 Å². The van der Waals surface area contributed by atoms with E-state index in [4.69, 9.17) is 9.47 Å². The molecule has 0 saturated heterocycles. The van der Waals surface area contributed by atoms with Gasteiger partial charge in [0, 0.05) is 29.6 Å². The predicted molar refractivity (Wildman–Crippen MR) is 153 cm³/mol. The van der Waals surface area contributed by atoms with Crippen LogP contribution in [0.25, 0.3) is 17.0 Å². The van der Waals surface area contributed by atoms with Crippen LogP contribution in [0, 0.1) is 0 Å². The van der Waals surface area contributed by atoms with Crippen LogP contribution in [-0.2, 0) is 22.4 Å². The molecule has 0 fully saturated rings. The molecule has 7 nitrogen and oxygen atoms in total. The number of rotatable bonds is 9. The average Bonchev–Trinajstić information content (AvgIpc) is 3.38. The summed E-state index contributed by atoms with van der Waals surface area (Å²) in [6.07, 6.45) is 8.29. The lowest BCUT2D eigenvalue weighted by atomic mass is 9.87. The van der Waals surface area contributed by atoms with Crippen molar-refractivity contribution in [2.75, 3.05) is 14.2 Å². The molecule has 1 aromatic heterocycles. The summed E-state index contributed by atoms with van der Waals surface area (Å²) in [6, 6.07) is 20.8. The minimum Gasteiger partial charge on any atom is -0.493 e. The van der Waals surface area contributed by atoms with Crippen molar-refractivity contribution in [3.05, 3.63) is 101 Å². The lowest BCUT2D eigenvalue weighted by Crippen LogP contribution is -2.48. The summed E-state index contributed by atoms with van der Waals surface area (Å²) in [5.41, 5.74) is 5.16. The third-order valence-corrected chi connectivity index (χ3v) is 7.25. The Hall–Kier alpha value is -4.52. The number of aryl methyl sites for hydroxylation is 1. The van der Waals surface area contributed by atoms with E-state index in [1.165, 1.54) is 11.6 Å². The Balaban J connectivity index is 1.36. The number of aromatic amines is 1. The highest BCUT2D eigenvalue weighted by Gasteiger charge is 2.27. The van der Waals surface area contributed by atoms with Crippen LogP contribution >= 0.6 is 0 Å². The summed E-state index contributed by atoms with van der Waals surface area (Å²) in [7, 11) is 3.14. The van der Waals surface area contributed by atoms with Gasteiger partial charge < -0.3 is 25.1 Å². The number of H-pyrrole nitrogens is 1. The van der Waals surface area contributed by atoms with Gasteiger partial charge in [-0.1, -0.05) is 48.5 Å². The van der Waals surface area contributed by atoms with Gasteiger partial charge in [0.1, 0.15) is 6.04 Å². The van der Waals surface area contributed by atoms with Crippen LogP contribution in [0.3, 0.4) is 0 Å². The van der Waals surface area contributed by atoms with E-state index in [1.54, 1.807) is 32.4 Å². The van der Waals surface area contributed by atoms with Crippen molar-refractivity contribution in [2.45, 2.75) is 37.8 Å². The van der Waals surface area contributed by atoms with E-state index in [1.807, 2.05) is 48.7 Å². The maximum atomic E-state index is 13.7. The number of aromatic nitrogens is 1. The number of amides is 2. The molecule has 0 spiro atoms. The number of methoxy groups -OCH3 is 2. The molecule has 2 amide bonds. The smallest absolute Gasteiger partial charge is 0.244 e. The molecule has 0 bridgehead atoms. The molecule has 0 aliphatic heterocycles. The van der Waals surface area contributed by atoms with Gasteiger partial charge >= 0.3 is 0 Å². The fraction of sp³-hybridized carbons (Fsp3) is 0.250. The van der Waals surface area contributed by atoms with E-state index >= 15 is 0 Å². The molecule has 200 valence electrons. The topological polar surface area (TPSA) is 92.5 Å². The Morgan fingerprint density at radius 3 is 2.67 bits per heavy atom. The van der Waals surface area contributed by atoms with E-state index in [-0.39, 0.29) is 17.9 Å². The molecule has 4 aromatic rings. The van der Waals surface area contributed by atoms with Gasteiger partial charge in [0.15, 0.2) is 11.5 Å². The van der Waals surface area contributed by atoms with Crippen LogP contribution < -0.4 is 20.1 Å². The van der Waals surface area contributed by atoms with E-state index < -0.39 is 6.04 Å². The zero-order chi connectivity index (χ0) is 27.2. The van der Waals surface area contributed by atoms with Crippen molar-refractivity contribution in [1.82, 2.24) is 15.6 Å². The minimum atomic E-state index is -0.749. The average molecular weight is 524 g/mol. The van der Waals surface area contributed by atoms with Gasteiger partial charge in [-0.05, 0) is 65.8 Å². The van der Waals surface area contributed by atoms with Crippen molar-refractivity contribution in [1.29, 1.82) is 0 Å². The van der Waals surface area contributed by atoms with Crippen molar-refractivity contribution in [3.8, 4) is 11.5 Å². The molecule has 2 atom stereocenters.